The molecule has 0 aromatic heterocycles. The zero-order valence-corrected chi connectivity index (χ0v) is 12.4. The largest absolute Gasteiger partial charge is 0.309 e. The van der Waals surface area contributed by atoms with Gasteiger partial charge in [-0.2, -0.15) is 0 Å². The van der Waals surface area contributed by atoms with Crippen LogP contribution in [-0.4, -0.2) is 19.0 Å². The molecular formula is C17H20F2N2. The molecule has 0 heterocycles. The fraction of sp³-hybridized carbons (Fsp3) is 0.294. The third-order valence-electron chi connectivity index (χ3n) is 3.17. The third kappa shape index (κ3) is 4.92. The fourth-order valence-corrected chi connectivity index (χ4v) is 2.28. The Labute approximate surface area is 124 Å². The summed E-state index contributed by atoms with van der Waals surface area (Å²) < 4.78 is 26.2. The van der Waals surface area contributed by atoms with E-state index in [1.54, 1.807) is 0 Å². The zero-order valence-electron chi connectivity index (χ0n) is 12.4. The molecule has 1 N–H and O–H groups in total. The predicted molar refractivity (Wildman–Crippen MR) is 80.7 cm³/mol. The Morgan fingerprint density at radius 2 is 1.52 bits per heavy atom. The highest BCUT2D eigenvalue weighted by Crippen LogP contribution is 2.11. The maximum atomic E-state index is 13.1. The highest BCUT2D eigenvalue weighted by Gasteiger charge is 2.04. The average Bonchev–Trinajstić information content (AvgIpc) is 2.39. The average molecular weight is 290 g/mol. The van der Waals surface area contributed by atoms with Gasteiger partial charge < -0.3 is 10.2 Å². The molecule has 0 bridgehead atoms. The Morgan fingerprint density at radius 1 is 0.905 bits per heavy atom. The van der Waals surface area contributed by atoms with Crippen molar-refractivity contribution in [2.75, 3.05) is 14.1 Å². The van der Waals surface area contributed by atoms with Crippen molar-refractivity contribution < 1.29 is 8.78 Å². The molecule has 4 heteroatoms. The van der Waals surface area contributed by atoms with Gasteiger partial charge >= 0.3 is 0 Å². The van der Waals surface area contributed by atoms with E-state index in [4.69, 9.17) is 0 Å². The Hall–Kier alpha value is -1.78. The smallest absolute Gasteiger partial charge is 0.126 e. The maximum Gasteiger partial charge on any atom is 0.126 e. The van der Waals surface area contributed by atoms with E-state index in [2.05, 4.69) is 22.3 Å². The molecule has 21 heavy (non-hydrogen) atoms. The second-order valence-corrected chi connectivity index (χ2v) is 5.39. The third-order valence-corrected chi connectivity index (χ3v) is 3.17. The Balaban J connectivity index is 1.97. The number of hydrogen-bond donors (Lipinski definition) is 1. The van der Waals surface area contributed by atoms with Gasteiger partial charge in [0.25, 0.3) is 0 Å². The number of nitrogens with zero attached hydrogens (tertiary/aromatic N) is 1. The topological polar surface area (TPSA) is 15.3 Å². The van der Waals surface area contributed by atoms with Crippen LogP contribution in [0.4, 0.5) is 8.78 Å². The quantitative estimate of drug-likeness (QED) is 0.878. The van der Waals surface area contributed by atoms with E-state index in [1.807, 2.05) is 26.2 Å². The van der Waals surface area contributed by atoms with Crippen LogP contribution < -0.4 is 5.32 Å². The van der Waals surface area contributed by atoms with Gasteiger partial charge in [0.15, 0.2) is 0 Å². The van der Waals surface area contributed by atoms with Crippen molar-refractivity contribution in [3.05, 3.63) is 70.8 Å². The Kier molecular flexibility index (Phi) is 5.42. The Morgan fingerprint density at radius 3 is 2.14 bits per heavy atom. The van der Waals surface area contributed by atoms with Crippen LogP contribution in [0.5, 0.6) is 0 Å². The monoisotopic (exact) mass is 290 g/mol. The molecular weight excluding hydrogens is 270 g/mol. The van der Waals surface area contributed by atoms with Crippen LogP contribution in [-0.2, 0) is 19.6 Å². The minimum absolute atomic E-state index is 0.435. The summed E-state index contributed by atoms with van der Waals surface area (Å²) in [4.78, 5) is 2.11. The van der Waals surface area contributed by atoms with Crippen molar-refractivity contribution in [3.8, 4) is 0 Å². The first-order valence-electron chi connectivity index (χ1n) is 6.92. The van der Waals surface area contributed by atoms with Crippen LogP contribution in [0.15, 0.2) is 42.5 Å². The number of hydrogen-bond acceptors (Lipinski definition) is 2. The first-order chi connectivity index (χ1) is 10.0. The van der Waals surface area contributed by atoms with Gasteiger partial charge in [0.1, 0.15) is 11.6 Å². The van der Waals surface area contributed by atoms with Crippen LogP contribution >= 0.6 is 0 Å². The molecule has 0 unspecified atom stereocenters. The van der Waals surface area contributed by atoms with Crippen LogP contribution in [0, 0.1) is 11.6 Å². The minimum Gasteiger partial charge on any atom is -0.309 e. The van der Waals surface area contributed by atoms with Crippen molar-refractivity contribution in [2.24, 2.45) is 0 Å². The molecule has 0 aliphatic carbocycles. The molecule has 112 valence electrons. The first-order valence-corrected chi connectivity index (χ1v) is 6.92. The fourth-order valence-electron chi connectivity index (χ4n) is 2.28. The molecule has 0 aliphatic heterocycles. The number of benzene rings is 2. The number of nitrogens with one attached hydrogen (secondary N) is 1. The summed E-state index contributed by atoms with van der Waals surface area (Å²) in [5, 5.41) is 3.23. The second kappa shape index (κ2) is 7.29. The van der Waals surface area contributed by atoms with Crippen LogP contribution in [0.3, 0.4) is 0 Å². The number of rotatable bonds is 6. The number of halogens is 2. The molecule has 0 aliphatic rings. The molecule has 0 saturated heterocycles. The second-order valence-electron chi connectivity index (χ2n) is 5.39. The summed E-state index contributed by atoms with van der Waals surface area (Å²) in [6.45, 7) is 1.97. The normalized spacial score (nSPS) is 11.1. The summed E-state index contributed by atoms with van der Waals surface area (Å²) >= 11 is 0. The van der Waals surface area contributed by atoms with Crippen molar-refractivity contribution >= 4 is 0 Å². The molecule has 2 aromatic rings. The summed E-state index contributed by atoms with van der Waals surface area (Å²) in [5.74, 6) is -1.08. The van der Waals surface area contributed by atoms with E-state index in [0.717, 1.165) is 12.6 Å². The lowest BCUT2D eigenvalue weighted by Crippen LogP contribution is -2.17. The van der Waals surface area contributed by atoms with E-state index in [0.29, 0.717) is 18.7 Å². The highest BCUT2D eigenvalue weighted by molar-refractivity contribution is 5.27. The van der Waals surface area contributed by atoms with Gasteiger partial charge in [-0.15, -0.1) is 0 Å². The van der Waals surface area contributed by atoms with Gasteiger partial charge in [-0.05, 0) is 42.9 Å². The van der Waals surface area contributed by atoms with Crippen molar-refractivity contribution in [2.45, 2.75) is 19.6 Å². The maximum absolute atomic E-state index is 13.1. The molecule has 0 amide bonds. The van der Waals surface area contributed by atoms with E-state index in [9.17, 15) is 8.78 Å². The molecule has 0 saturated carbocycles. The lowest BCUT2D eigenvalue weighted by atomic mass is 10.1. The zero-order chi connectivity index (χ0) is 15.2. The molecule has 0 radical (unpaired) electrons. The van der Waals surface area contributed by atoms with E-state index in [1.165, 1.54) is 23.3 Å². The molecule has 0 atom stereocenters. The standard InChI is InChI=1S/C17H20F2N2/c1-21(2)12-15-6-4-3-5-14(15)11-20-10-13-7-16(18)9-17(19)8-13/h3-9,20H,10-12H2,1-2H3. The molecule has 2 nitrogen and oxygen atoms in total. The SMILES string of the molecule is CN(C)Cc1ccccc1CNCc1cc(F)cc(F)c1. The van der Waals surface area contributed by atoms with Gasteiger partial charge in [0.2, 0.25) is 0 Å². The predicted octanol–water partition coefficient (Wildman–Crippen LogP) is 3.32. The summed E-state index contributed by atoms with van der Waals surface area (Å²) in [6.07, 6.45) is 0. The first kappa shape index (κ1) is 15.6. The molecule has 0 fully saturated rings. The lowest BCUT2D eigenvalue weighted by molar-refractivity contribution is 0.400. The summed E-state index contributed by atoms with van der Waals surface area (Å²) in [5.41, 5.74) is 3.06. The summed E-state index contributed by atoms with van der Waals surface area (Å²) in [7, 11) is 4.06. The van der Waals surface area contributed by atoms with Gasteiger partial charge in [-0.3, -0.25) is 0 Å². The molecule has 2 aromatic carbocycles. The van der Waals surface area contributed by atoms with Crippen molar-refractivity contribution in [1.82, 2.24) is 10.2 Å². The lowest BCUT2D eigenvalue weighted by Gasteiger charge is -2.14. The molecule has 2 rings (SSSR count). The van der Waals surface area contributed by atoms with Gasteiger partial charge in [0.05, 0.1) is 0 Å². The van der Waals surface area contributed by atoms with E-state index >= 15 is 0 Å². The van der Waals surface area contributed by atoms with Crippen LogP contribution in [0.2, 0.25) is 0 Å². The van der Waals surface area contributed by atoms with Gasteiger partial charge in [-0.1, -0.05) is 24.3 Å². The van der Waals surface area contributed by atoms with Crippen molar-refractivity contribution in [1.29, 1.82) is 0 Å². The van der Waals surface area contributed by atoms with Gasteiger partial charge in [-0.25, -0.2) is 8.78 Å². The van der Waals surface area contributed by atoms with E-state index in [-0.39, 0.29) is 0 Å². The van der Waals surface area contributed by atoms with Crippen LogP contribution in [0.25, 0.3) is 0 Å². The van der Waals surface area contributed by atoms with Crippen molar-refractivity contribution in [3.63, 3.8) is 0 Å². The summed E-state index contributed by atoms with van der Waals surface area (Å²) in [6, 6.07) is 11.8. The Bertz CT molecular complexity index is 577. The minimum atomic E-state index is -0.542. The molecule has 0 spiro atoms. The highest BCUT2D eigenvalue weighted by atomic mass is 19.1. The van der Waals surface area contributed by atoms with Gasteiger partial charge in [0, 0.05) is 25.7 Å². The van der Waals surface area contributed by atoms with Crippen LogP contribution in [0.1, 0.15) is 16.7 Å². The van der Waals surface area contributed by atoms with E-state index < -0.39 is 11.6 Å².